The Balaban J connectivity index is 2.69. The summed E-state index contributed by atoms with van der Waals surface area (Å²) in [5, 5.41) is 3.36. The Kier molecular flexibility index (Phi) is 7.33. The minimum Gasteiger partial charge on any atom is -0.488 e. The SMILES string of the molecule is CCCNCc1cccc(Br)c1OCC=CCl. The van der Waals surface area contributed by atoms with Gasteiger partial charge in [0, 0.05) is 17.6 Å². The summed E-state index contributed by atoms with van der Waals surface area (Å²) in [6.07, 6.45) is 2.89. The molecule has 17 heavy (non-hydrogen) atoms. The van der Waals surface area contributed by atoms with Crippen LogP contribution in [0.3, 0.4) is 0 Å². The van der Waals surface area contributed by atoms with E-state index in [1.54, 1.807) is 6.08 Å². The van der Waals surface area contributed by atoms with Gasteiger partial charge in [0.1, 0.15) is 12.4 Å². The average Bonchev–Trinajstić information content (AvgIpc) is 2.33. The van der Waals surface area contributed by atoms with E-state index >= 15 is 0 Å². The molecule has 0 aromatic heterocycles. The molecular weight excluding hydrogens is 302 g/mol. The van der Waals surface area contributed by atoms with Crippen LogP contribution < -0.4 is 10.1 Å². The van der Waals surface area contributed by atoms with Crippen LogP contribution in [-0.4, -0.2) is 13.2 Å². The molecule has 0 unspecified atom stereocenters. The lowest BCUT2D eigenvalue weighted by atomic mass is 10.2. The lowest BCUT2D eigenvalue weighted by molar-refractivity contribution is 0.355. The highest BCUT2D eigenvalue weighted by atomic mass is 79.9. The smallest absolute Gasteiger partial charge is 0.138 e. The third kappa shape index (κ3) is 5.11. The maximum atomic E-state index is 5.68. The third-order valence-corrected chi connectivity index (χ3v) is 3.01. The summed E-state index contributed by atoms with van der Waals surface area (Å²) in [5.41, 5.74) is 2.61. The Morgan fingerprint density at radius 3 is 3.00 bits per heavy atom. The molecule has 0 fully saturated rings. The lowest BCUT2D eigenvalue weighted by Gasteiger charge is -2.12. The fourth-order valence-electron chi connectivity index (χ4n) is 1.42. The summed E-state index contributed by atoms with van der Waals surface area (Å²) in [6.45, 7) is 4.45. The molecule has 1 aromatic carbocycles. The van der Waals surface area contributed by atoms with Crippen LogP contribution in [0.5, 0.6) is 5.75 Å². The molecule has 2 nitrogen and oxygen atoms in total. The predicted molar refractivity (Wildman–Crippen MR) is 76.6 cm³/mol. The molecule has 0 bridgehead atoms. The molecule has 0 spiro atoms. The van der Waals surface area contributed by atoms with Crippen LogP contribution in [0.2, 0.25) is 0 Å². The monoisotopic (exact) mass is 317 g/mol. The van der Waals surface area contributed by atoms with Crippen molar-refractivity contribution in [1.82, 2.24) is 5.32 Å². The molecule has 0 radical (unpaired) electrons. The highest BCUT2D eigenvalue weighted by molar-refractivity contribution is 9.10. The van der Waals surface area contributed by atoms with Gasteiger partial charge in [-0.3, -0.25) is 0 Å². The van der Waals surface area contributed by atoms with Crippen molar-refractivity contribution in [3.8, 4) is 5.75 Å². The van der Waals surface area contributed by atoms with Gasteiger partial charge in [-0.1, -0.05) is 30.7 Å². The van der Waals surface area contributed by atoms with Crippen molar-refractivity contribution in [2.45, 2.75) is 19.9 Å². The molecule has 0 aliphatic rings. The van der Waals surface area contributed by atoms with Gasteiger partial charge in [-0.25, -0.2) is 0 Å². The second kappa shape index (κ2) is 8.56. The van der Waals surface area contributed by atoms with Crippen molar-refractivity contribution in [1.29, 1.82) is 0 Å². The van der Waals surface area contributed by atoms with Gasteiger partial charge in [0.15, 0.2) is 0 Å². The number of nitrogens with one attached hydrogen (secondary N) is 1. The molecular formula is C13H17BrClNO. The second-order valence-electron chi connectivity index (χ2n) is 3.58. The van der Waals surface area contributed by atoms with Gasteiger partial charge in [-0.05, 0) is 41.0 Å². The molecule has 0 aliphatic carbocycles. The predicted octanol–water partition coefficient (Wildman–Crippen LogP) is 4.08. The standard InChI is InChI=1S/C13H17BrClNO/c1-2-8-16-10-11-5-3-6-12(14)13(11)17-9-4-7-15/h3-7,16H,2,8-10H2,1H3. The zero-order valence-electron chi connectivity index (χ0n) is 9.88. The first-order valence-corrected chi connectivity index (χ1v) is 6.88. The molecule has 0 heterocycles. The van der Waals surface area contributed by atoms with Gasteiger partial charge < -0.3 is 10.1 Å². The summed E-state index contributed by atoms with van der Waals surface area (Å²) >= 11 is 8.96. The fourth-order valence-corrected chi connectivity index (χ4v) is 2.02. The van der Waals surface area contributed by atoms with Gasteiger partial charge in [0.2, 0.25) is 0 Å². The number of para-hydroxylation sites is 1. The van der Waals surface area contributed by atoms with E-state index in [9.17, 15) is 0 Å². The highest BCUT2D eigenvalue weighted by Crippen LogP contribution is 2.29. The molecule has 0 saturated carbocycles. The summed E-state index contributed by atoms with van der Waals surface area (Å²) in [7, 11) is 0. The van der Waals surface area contributed by atoms with Crippen molar-refractivity contribution in [2.24, 2.45) is 0 Å². The summed E-state index contributed by atoms with van der Waals surface area (Å²) in [4.78, 5) is 0. The zero-order chi connectivity index (χ0) is 12.5. The molecule has 0 aliphatic heterocycles. The van der Waals surface area contributed by atoms with E-state index in [2.05, 4.69) is 34.2 Å². The van der Waals surface area contributed by atoms with Gasteiger partial charge in [0.25, 0.3) is 0 Å². The van der Waals surface area contributed by atoms with E-state index in [1.165, 1.54) is 5.54 Å². The maximum absolute atomic E-state index is 5.68. The van der Waals surface area contributed by atoms with Crippen molar-refractivity contribution in [2.75, 3.05) is 13.2 Å². The molecule has 94 valence electrons. The van der Waals surface area contributed by atoms with Crippen LogP contribution in [0.1, 0.15) is 18.9 Å². The van der Waals surface area contributed by atoms with E-state index < -0.39 is 0 Å². The molecule has 0 saturated heterocycles. The van der Waals surface area contributed by atoms with Crippen molar-refractivity contribution < 1.29 is 4.74 Å². The van der Waals surface area contributed by atoms with E-state index in [4.69, 9.17) is 16.3 Å². The normalized spacial score (nSPS) is 11.0. The Bertz CT molecular complexity index is 368. The molecule has 4 heteroatoms. The van der Waals surface area contributed by atoms with Crippen LogP contribution in [0.25, 0.3) is 0 Å². The average molecular weight is 319 g/mol. The second-order valence-corrected chi connectivity index (χ2v) is 4.68. The molecule has 1 rings (SSSR count). The van der Waals surface area contributed by atoms with Crippen LogP contribution in [0.4, 0.5) is 0 Å². The number of hydrogen-bond acceptors (Lipinski definition) is 2. The first-order valence-electron chi connectivity index (χ1n) is 5.65. The quantitative estimate of drug-likeness (QED) is 0.765. The summed E-state index contributed by atoms with van der Waals surface area (Å²) in [6, 6.07) is 6.05. The van der Waals surface area contributed by atoms with E-state index in [0.717, 1.165) is 35.3 Å². The van der Waals surface area contributed by atoms with Gasteiger partial charge in [-0.15, -0.1) is 0 Å². The van der Waals surface area contributed by atoms with E-state index in [0.29, 0.717) is 6.61 Å². The maximum Gasteiger partial charge on any atom is 0.138 e. The van der Waals surface area contributed by atoms with E-state index in [-0.39, 0.29) is 0 Å². The highest BCUT2D eigenvalue weighted by Gasteiger charge is 2.06. The zero-order valence-corrected chi connectivity index (χ0v) is 12.2. The van der Waals surface area contributed by atoms with Gasteiger partial charge >= 0.3 is 0 Å². The van der Waals surface area contributed by atoms with Crippen LogP contribution in [0.15, 0.2) is 34.3 Å². The summed E-state index contributed by atoms with van der Waals surface area (Å²) < 4.78 is 6.65. The van der Waals surface area contributed by atoms with Crippen LogP contribution >= 0.6 is 27.5 Å². The number of rotatable bonds is 7. The topological polar surface area (TPSA) is 21.3 Å². The van der Waals surface area contributed by atoms with Crippen molar-refractivity contribution >= 4 is 27.5 Å². The van der Waals surface area contributed by atoms with Crippen LogP contribution in [-0.2, 0) is 6.54 Å². The minimum absolute atomic E-state index is 0.479. The Morgan fingerprint density at radius 1 is 1.47 bits per heavy atom. The molecule has 1 N–H and O–H groups in total. The summed E-state index contributed by atoms with van der Waals surface area (Å²) in [5.74, 6) is 0.880. The third-order valence-electron chi connectivity index (χ3n) is 2.20. The van der Waals surface area contributed by atoms with Gasteiger partial charge in [-0.2, -0.15) is 0 Å². The molecule has 0 atom stereocenters. The van der Waals surface area contributed by atoms with Crippen molar-refractivity contribution in [3.63, 3.8) is 0 Å². The van der Waals surface area contributed by atoms with Crippen LogP contribution in [0, 0.1) is 0 Å². The minimum atomic E-state index is 0.479. The lowest BCUT2D eigenvalue weighted by Crippen LogP contribution is -2.14. The Morgan fingerprint density at radius 2 is 2.29 bits per heavy atom. The number of benzene rings is 1. The molecule has 0 amide bonds. The Hall–Kier alpha value is -0.510. The van der Waals surface area contributed by atoms with Crippen molar-refractivity contribution in [3.05, 3.63) is 39.8 Å². The fraction of sp³-hybridized carbons (Fsp3) is 0.385. The number of ether oxygens (including phenoxy) is 1. The van der Waals surface area contributed by atoms with E-state index in [1.807, 2.05) is 12.1 Å². The first-order chi connectivity index (χ1) is 8.29. The van der Waals surface area contributed by atoms with Gasteiger partial charge in [0.05, 0.1) is 4.47 Å². The number of halogens is 2. The molecule has 1 aromatic rings. The first kappa shape index (κ1) is 14.6. The Labute approximate surface area is 116 Å². The largest absolute Gasteiger partial charge is 0.488 e. The number of hydrogen-bond donors (Lipinski definition) is 1.